The van der Waals surface area contributed by atoms with Gasteiger partial charge in [-0.05, 0) is 76.0 Å². The summed E-state index contributed by atoms with van der Waals surface area (Å²) in [6.07, 6.45) is 6.52. The van der Waals surface area contributed by atoms with E-state index in [0.29, 0.717) is 18.7 Å². The molecule has 1 aliphatic heterocycles. The standard InChI is InChI=1S/C24H32N4O/c1-18(2)27-13-10-21(11-14-27)25-15-20-6-8-23(9-7-20)29-17-22-16-28-12-4-5-19(3)24(28)26-22/h4-9,12,16,18,21,25H,10-11,13-15,17H2,1-3H3. The van der Waals surface area contributed by atoms with Crippen LogP contribution in [0.25, 0.3) is 5.65 Å². The van der Waals surface area contributed by atoms with Crippen LogP contribution in [0.1, 0.15) is 43.5 Å². The SMILES string of the molecule is Cc1cccn2cc(COc3ccc(CNC4CCN(C(C)C)CC4)cc3)nc12. The second-order valence-electron chi connectivity index (χ2n) is 8.37. The zero-order chi connectivity index (χ0) is 20.2. The van der Waals surface area contributed by atoms with Gasteiger partial charge in [0.25, 0.3) is 0 Å². The van der Waals surface area contributed by atoms with E-state index in [1.165, 1.54) is 37.1 Å². The van der Waals surface area contributed by atoms with E-state index < -0.39 is 0 Å². The van der Waals surface area contributed by atoms with E-state index in [9.17, 15) is 0 Å². The minimum absolute atomic E-state index is 0.479. The van der Waals surface area contributed by atoms with Gasteiger partial charge in [0, 0.05) is 31.0 Å². The first-order chi connectivity index (χ1) is 14.1. The number of aromatic nitrogens is 2. The number of benzene rings is 1. The molecule has 0 unspecified atom stereocenters. The molecule has 3 heterocycles. The first-order valence-electron chi connectivity index (χ1n) is 10.7. The average Bonchev–Trinajstić information content (AvgIpc) is 3.16. The molecule has 5 heteroatoms. The molecule has 0 spiro atoms. The summed E-state index contributed by atoms with van der Waals surface area (Å²) in [5, 5.41) is 3.71. The number of hydrogen-bond donors (Lipinski definition) is 1. The van der Waals surface area contributed by atoms with Gasteiger partial charge >= 0.3 is 0 Å². The molecule has 0 radical (unpaired) electrons. The maximum atomic E-state index is 5.94. The van der Waals surface area contributed by atoms with Gasteiger partial charge in [0.05, 0.1) is 5.69 Å². The molecule has 154 valence electrons. The summed E-state index contributed by atoms with van der Waals surface area (Å²) < 4.78 is 7.99. The molecule has 0 bridgehead atoms. The Kier molecular flexibility index (Phi) is 6.16. The normalized spacial score (nSPS) is 16.0. The highest BCUT2D eigenvalue weighted by molar-refractivity contribution is 5.47. The van der Waals surface area contributed by atoms with Crippen LogP contribution in [0.15, 0.2) is 48.8 Å². The van der Waals surface area contributed by atoms with E-state index in [1.807, 2.05) is 18.5 Å². The minimum atomic E-state index is 0.479. The van der Waals surface area contributed by atoms with Crippen molar-refractivity contribution >= 4 is 5.65 Å². The van der Waals surface area contributed by atoms with E-state index in [0.717, 1.165) is 23.6 Å². The Morgan fingerprint density at radius 2 is 1.90 bits per heavy atom. The minimum Gasteiger partial charge on any atom is -0.487 e. The lowest BCUT2D eigenvalue weighted by Crippen LogP contribution is -2.44. The summed E-state index contributed by atoms with van der Waals surface area (Å²) in [7, 11) is 0. The molecule has 4 rings (SSSR count). The van der Waals surface area contributed by atoms with Crippen molar-refractivity contribution < 1.29 is 4.74 Å². The Labute approximate surface area is 173 Å². The third kappa shape index (κ3) is 4.98. The lowest BCUT2D eigenvalue weighted by molar-refractivity contribution is 0.161. The largest absolute Gasteiger partial charge is 0.487 e. The lowest BCUT2D eigenvalue weighted by Gasteiger charge is -2.35. The van der Waals surface area contributed by atoms with Crippen LogP contribution >= 0.6 is 0 Å². The number of aryl methyl sites for hydroxylation is 1. The fraction of sp³-hybridized carbons (Fsp3) is 0.458. The molecular formula is C24H32N4O. The second kappa shape index (κ2) is 8.97. The van der Waals surface area contributed by atoms with E-state index in [1.54, 1.807) is 0 Å². The molecule has 29 heavy (non-hydrogen) atoms. The molecule has 1 aliphatic rings. The number of nitrogens with zero attached hydrogens (tertiary/aromatic N) is 3. The number of piperidine rings is 1. The first-order valence-corrected chi connectivity index (χ1v) is 10.7. The predicted octanol–water partition coefficient (Wildman–Crippen LogP) is 4.18. The van der Waals surface area contributed by atoms with E-state index in [-0.39, 0.29) is 0 Å². The van der Waals surface area contributed by atoms with Gasteiger partial charge in [-0.15, -0.1) is 0 Å². The highest BCUT2D eigenvalue weighted by Gasteiger charge is 2.20. The van der Waals surface area contributed by atoms with Gasteiger partial charge in [-0.1, -0.05) is 18.2 Å². The van der Waals surface area contributed by atoms with E-state index in [2.05, 4.69) is 70.7 Å². The predicted molar refractivity (Wildman–Crippen MR) is 117 cm³/mol. The number of pyridine rings is 1. The average molecular weight is 393 g/mol. The number of nitrogens with one attached hydrogen (secondary N) is 1. The van der Waals surface area contributed by atoms with Gasteiger partial charge in [-0.25, -0.2) is 4.98 Å². The first kappa shape index (κ1) is 19.9. The summed E-state index contributed by atoms with van der Waals surface area (Å²) in [5.41, 5.74) is 4.40. The fourth-order valence-corrected chi connectivity index (χ4v) is 4.02. The molecule has 0 aliphatic carbocycles. The van der Waals surface area contributed by atoms with Gasteiger partial charge in [0.1, 0.15) is 18.0 Å². The molecule has 5 nitrogen and oxygen atoms in total. The van der Waals surface area contributed by atoms with E-state index in [4.69, 9.17) is 4.74 Å². The van der Waals surface area contributed by atoms with Crippen LogP contribution in [-0.2, 0) is 13.2 Å². The molecule has 1 N–H and O–H groups in total. The van der Waals surface area contributed by atoms with Crippen LogP contribution in [0.3, 0.4) is 0 Å². The summed E-state index contributed by atoms with van der Waals surface area (Å²) in [4.78, 5) is 7.23. The van der Waals surface area contributed by atoms with Crippen molar-refractivity contribution in [2.45, 2.75) is 58.8 Å². The third-order valence-electron chi connectivity index (χ3n) is 5.89. The maximum Gasteiger partial charge on any atom is 0.140 e. The Balaban J connectivity index is 1.25. The van der Waals surface area contributed by atoms with Crippen molar-refractivity contribution in [2.24, 2.45) is 0 Å². The van der Waals surface area contributed by atoms with Crippen molar-refractivity contribution in [3.05, 3.63) is 65.6 Å². The highest BCUT2D eigenvalue weighted by atomic mass is 16.5. The van der Waals surface area contributed by atoms with Crippen molar-refractivity contribution in [1.29, 1.82) is 0 Å². The smallest absolute Gasteiger partial charge is 0.140 e. The number of ether oxygens (including phenoxy) is 1. The maximum absolute atomic E-state index is 5.94. The van der Waals surface area contributed by atoms with Crippen LogP contribution in [0.5, 0.6) is 5.75 Å². The van der Waals surface area contributed by atoms with Crippen molar-refractivity contribution in [1.82, 2.24) is 19.6 Å². The molecule has 3 aromatic rings. The fourth-order valence-electron chi connectivity index (χ4n) is 4.02. The molecule has 1 saturated heterocycles. The van der Waals surface area contributed by atoms with Gasteiger partial charge in [-0.2, -0.15) is 0 Å². The van der Waals surface area contributed by atoms with Gasteiger partial charge < -0.3 is 19.4 Å². The van der Waals surface area contributed by atoms with Crippen LogP contribution < -0.4 is 10.1 Å². The quantitative estimate of drug-likeness (QED) is 0.655. The summed E-state index contributed by atoms with van der Waals surface area (Å²) in [6, 6.07) is 13.8. The van der Waals surface area contributed by atoms with Crippen LogP contribution in [-0.4, -0.2) is 39.5 Å². The summed E-state index contributed by atoms with van der Waals surface area (Å²) >= 11 is 0. The molecule has 1 fully saturated rings. The monoisotopic (exact) mass is 392 g/mol. The number of hydrogen-bond acceptors (Lipinski definition) is 4. The Morgan fingerprint density at radius 1 is 1.14 bits per heavy atom. The molecular weight excluding hydrogens is 360 g/mol. The molecule has 0 saturated carbocycles. The van der Waals surface area contributed by atoms with Crippen LogP contribution in [0, 0.1) is 6.92 Å². The van der Waals surface area contributed by atoms with Gasteiger partial charge in [0.15, 0.2) is 0 Å². The van der Waals surface area contributed by atoms with Crippen LogP contribution in [0.4, 0.5) is 0 Å². The summed E-state index contributed by atoms with van der Waals surface area (Å²) in [5.74, 6) is 0.882. The van der Waals surface area contributed by atoms with Gasteiger partial charge in [0.2, 0.25) is 0 Å². The zero-order valence-electron chi connectivity index (χ0n) is 17.8. The highest BCUT2D eigenvalue weighted by Crippen LogP contribution is 2.17. The van der Waals surface area contributed by atoms with E-state index >= 15 is 0 Å². The lowest BCUT2D eigenvalue weighted by atomic mass is 10.0. The van der Waals surface area contributed by atoms with Crippen molar-refractivity contribution in [2.75, 3.05) is 13.1 Å². The van der Waals surface area contributed by atoms with Crippen LogP contribution in [0.2, 0.25) is 0 Å². The Bertz CT molecular complexity index is 924. The van der Waals surface area contributed by atoms with Crippen molar-refractivity contribution in [3.63, 3.8) is 0 Å². The topological polar surface area (TPSA) is 41.8 Å². The number of likely N-dealkylation sites (tertiary alicyclic amines) is 1. The Hall–Kier alpha value is -2.37. The third-order valence-corrected chi connectivity index (χ3v) is 5.89. The summed E-state index contributed by atoms with van der Waals surface area (Å²) in [6.45, 7) is 10.4. The van der Waals surface area contributed by atoms with Gasteiger partial charge in [-0.3, -0.25) is 0 Å². The second-order valence-corrected chi connectivity index (χ2v) is 8.37. The van der Waals surface area contributed by atoms with Crippen molar-refractivity contribution in [3.8, 4) is 5.75 Å². The molecule has 2 aromatic heterocycles. The Morgan fingerprint density at radius 3 is 2.59 bits per heavy atom. The number of fused-ring (bicyclic) bond motifs is 1. The number of rotatable bonds is 7. The number of imidazole rings is 1. The molecule has 0 amide bonds. The molecule has 0 atom stereocenters. The molecule has 1 aromatic carbocycles. The zero-order valence-corrected chi connectivity index (χ0v) is 17.8.